The number of methoxy groups -OCH3 is 2. The van der Waals surface area contributed by atoms with E-state index < -0.39 is 5.97 Å². The summed E-state index contributed by atoms with van der Waals surface area (Å²) in [5.74, 6) is 0.713. The van der Waals surface area contributed by atoms with Gasteiger partial charge in [-0.3, -0.25) is 4.79 Å². The fourth-order valence-electron chi connectivity index (χ4n) is 3.07. The van der Waals surface area contributed by atoms with Crippen molar-refractivity contribution < 1.29 is 23.8 Å². The molecule has 1 aromatic heterocycles. The van der Waals surface area contributed by atoms with E-state index in [9.17, 15) is 9.59 Å². The van der Waals surface area contributed by atoms with Gasteiger partial charge in [0.25, 0.3) is 5.91 Å². The monoisotopic (exact) mass is 494 g/mol. The first-order valence-corrected chi connectivity index (χ1v) is 11.2. The van der Waals surface area contributed by atoms with E-state index in [2.05, 4.69) is 10.5 Å². The van der Waals surface area contributed by atoms with Crippen molar-refractivity contribution in [1.82, 2.24) is 5.43 Å². The Morgan fingerprint density at radius 3 is 2.38 bits per heavy atom. The number of esters is 1. The molecule has 34 heavy (non-hydrogen) atoms. The zero-order valence-corrected chi connectivity index (χ0v) is 19.8. The molecule has 0 spiro atoms. The van der Waals surface area contributed by atoms with Gasteiger partial charge in [0.15, 0.2) is 0 Å². The summed E-state index contributed by atoms with van der Waals surface area (Å²) in [6.45, 7) is 0. The number of nitrogens with zero attached hydrogens (tertiary/aromatic N) is 1. The molecule has 0 saturated carbocycles. The van der Waals surface area contributed by atoms with E-state index in [4.69, 9.17) is 25.8 Å². The highest BCUT2D eigenvalue weighted by Gasteiger charge is 2.19. The Balaban J connectivity index is 1.39. The molecule has 0 aliphatic carbocycles. The van der Waals surface area contributed by atoms with Crippen LogP contribution in [-0.4, -0.2) is 32.3 Å². The van der Waals surface area contributed by atoms with Crippen molar-refractivity contribution in [3.8, 4) is 17.2 Å². The first kappa shape index (κ1) is 23.3. The lowest BCUT2D eigenvalue weighted by atomic mass is 10.2. The highest BCUT2D eigenvalue weighted by Crippen LogP contribution is 2.37. The zero-order chi connectivity index (χ0) is 24.1. The van der Waals surface area contributed by atoms with Crippen molar-refractivity contribution in [2.45, 2.75) is 0 Å². The van der Waals surface area contributed by atoms with Crippen molar-refractivity contribution in [2.75, 3.05) is 14.2 Å². The minimum atomic E-state index is -0.544. The van der Waals surface area contributed by atoms with Gasteiger partial charge in [-0.25, -0.2) is 10.2 Å². The molecule has 0 radical (unpaired) electrons. The van der Waals surface area contributed by atoms with Crippen molar-refractivity contribution in [2.24, 2.45) is 5.10 Å². The highest BCUT2D eigenvalue weighted by atomic mass is 35.5. The average molecular weight is 495 g/mol. The summed E-state index contributed by atoms with van der Waals surface area (Å²) in [4.78, 5) is 25.2. The molecule has 1 amide bonds. The van der Waals surface area contributed by atoms with Crippen molar-refractivity contribution in [3.05, 3.63) is 87.8 Å². The number of nitrogens with one attached hydrogen (secondary N) is 1. The zero-order valence-electron chi connectivity index (χ0n) is 18.2. The fourth-order valence-corrected chi connectivity index (χ4v) is 4.49. The third-order valence-corrected chi connectivity index (χ3v) is 6.46. The quantitative estimate of drug-likeness (QED) is 0.157. The first-order valence-electron chi connectivity index (χ1n) is 10.0. The lowest BCUT2D eigenvalue weighted by Gasteiger charge is -2.04. The summed E-state index contributed by atoms with van der Waals surface area (Å²) in [6, 6.07) is 18.9. The van der Waals surface area contributed by atoms with Crippen LogP contribution < -0.4 is 19.6 Å². The first-order chi connectivity index (χ1) is 16.5. The van der Waals surface area contributed by atoms with E-state index in [1.54, 1.807) is 61.7 Å². The number of rotatable bonds is 7. The Labute approximate surface area is 204 Å². The minimum Gasteiger partial charge on any atom is -0.497 e. The van der Waals surface area contributed by atoms with Crippen molar-refractivity contribution >= 4 is 51.1 Å². The van der Waals surface area contributed by atoms with Crippen LogP contribution in [0.15, 0.2) is 71.8 Å². The molecule has 9 heteroatoms. The molecule has 0 saturated heterocycles. The number of carbonyl (C=O) groups is 2. The summed E-state index contributed by atoms with van der Waals surface area (Å²) in [7, 11) is 3.11. The standard InChI is InChI=1S/C25H19ClN2O5S/c1-31-18-5-3-4-16(12-18)24(29)28-27-14-15-6-8-17(9-7-15)33-25(30)23-22(26)20-11-10-19(32-2)13-21(20)34-23/h3-14H,1-2H3,(H,28,29)/b27-14+. The molecule has 1 N–H and O–H groups in total. The second-order valence-electron chi connectivity index (χ2n) is 7.00. The maximum atomic E-state index is 12.7. The Hall–Kier alpha value is -3.88. The molecular weight excluding hydrogens is 476 g/mol. The van der Waals surface area contributed by atoms with Crippen LogP contribution in [0.2, 0.25) is 5.02 Å². The molecule has 0 bridgehead atoms. The van der Waals surface area contributed by atoms with Crippen LogP contribution in [0, 0.1) is 0 Å². The molecule has 0 aliphatic rings. The maximum absolute atomic E-state index is 12.7. The number of ether oxygens (including phenoxy) is 3. The second-order valence-corrected chi connectivity index (χ2v) is 8.43. The Morgan fingerprint density at radius 1 is 0.941 bits per heavy atom. The summed E-state index contributed by atoms with van der Waals surface area (Å²) < 4.78 is 16.6. The van der Waals surface area contributed by atoms with Gasteiger partial charge >= 0.3 is 5.97 Å². The number of hydrogen-bond donors (Lipinski definition) is 1. The lowest BCUT2D eigenvalue weighted by molar-refractivity contribution is 0.0739. The number of halogens is 1. The van der Waals surface area contributed by atoms with Crippen LogP contribution in [-0.2, 0) is 0 Å². The van der Waals surface area contributed by atoms with Crippen LogP contribution in [0.25, 0.3) is 10.1 Å². The number of benzene rings is 3. The molecule has 0 aliphatic heterocycles. The van der Waals surface area contributed by atoms with Crippen LogP contribution in [0.1, 0.15) is 25.6 Å². The summed E-state index contributed by atoms with van der Waals surface area (Å²) in [6.07, 6.45) is 1.49. The van der Waals surface area contributed by atoms with Crippen LogP contribution in [0.5, 0.6) is 17.2 Å². The topological polar surface area (TPSA) is 86.2 Å². The van der Waals surface area contributed by atoms with Crippen LogP contribution in [0.3, 0.4) is 0 Å². The predicted octanol–water partition coefficient (Wildman–Crippen LogP) is 5.56. The average Bonchev–Trinajstić information content (AvgIpc) is 3.20. The number of amides is 1. The molecule has 4 aromatic rings. The molecular formula is C25H19ClN2O5S. The van der Waals surface area contributed by atoms with Crippen LogP contribution in [0.4, 0.5) is 0 Å². The molecule has 0 fully saturated rings. The van der Waals surface area contributed by atoms with E-state index in [0.717, 1.165) is 10.1 Å². The molecule has 1 heterocycles. The van der Waals surface area contributed by atoms with Gasteiger partial charge in [0.1, 0.15) is 22.1 Å². The summed E-state index contributed by atoms with van der Waals surface area (Å²) >= 11 is 7.64. The van der Waals surface area contributed by atoms with Crippen molar-refractivity contribution in [1.29, 1.82) is 0 Å². The largest absolute Gasteiger partial charge is 0.497 e. The molecule has 172 valence electrons. The molecule has 4 rings (SSSR count). The molecule has 0 unspecified atom stereocenters. The van der Waals surface area contributed by atoms with Gasteiger partial charge in [-0.05, 0) is 66.2 Å². The summed E-state index contributed by atoms with van der Waals surface area (Å²) in [5.41, 5.74) is 3.60. The number of carbonyl (C=O) groups excluding carboxylic acids is 2. The smallest absolute Gasteiger partial charge is 0.355 e. The normalized spacial score (nSPS) is 10.9. The predicted molar refractivity (Wildman–Crippen MR) is 133 cm³/mol. The molecule has 0 atom stereocenters. The number of hydrogen-bond acceptors (Lipinski definition) is 7. The number of thiophene rings is 1. The summed E-state index contributed by atoms with van der Waals surface area (Å²) in [5, 5.41) is 5.08. The van der Waals surface area contributed by atoms with Gasteiger partial charge in [-0.1, -0.05) is 17.7 Å². The van der Waals surface area contributed by atoms with Crippen molar-refractivity contribution in [3.63, 3.8) is 0 Å². The second kappa shape index (κ2) is 10.4. The van der Waals surface area contributed by atoms with Gasteiger partial charge < -0.3 is 14.2 Å². The van der Waals surface area contributed by atoms with Crippen LogP contribution >= 0.6 is 22.9 Å². The third kappa shape index (κ3) is 5.19. The van der Waals surface area contributed by atoms with Gasteiger partial charge in [0.2, 0.25) is 0 Å². The fraction of sp³-hybridized carbons (Fsp3) is 0.0800. The Kier molecular flexibility index (Phi) is 7.10. The minimum absolute atomic E-state index is 0.316. The van der Waals surface area contributed by atoms with E-state index in [1.165, 1.54) is 24.7 Å². The number of hydrazone groups is 1. The van der Waals surface area contributed by atoms with E-state index in [0.29, 0.717) is 38.3 Å². The van der Waals surface area contributed by atoms with Gasteiger partial charge in [-0.15, -0.1) is 11.3 Å². The molecule has 3 aromatic carbocycles. The van der Waals surface area contributed by atoms with Gasteiger partial charge in [0, 0.05) is 15.6 Å². The van der Waals surface area contributed by atoms with Gasteiger partial charge in [0.05, 0.1) is 25.5 Å². The Bertz CT molecular complexity index is 1380. The maximum Gasteiger partial charge on any atom is 0.355 e. The lowest BCUT2D eigenvalue weighted by Crippen LogP contribution is -2.17. The third-order valence-electron chi connectivity index (χ3n) is 4.82. The Morgan fingerprint density at radius 2 is 1.65 bits per heavy atom. The van der Waals surface area contributed by atoms with E-state index >= 15 is 0 Å². The SMILES string of the molecule is COc1cccc(C(=O)N/N=C/c2ccc(OC(=O)c3sc4cc(OC)ccc4c3Cl)cc2)c1. The van der Waals surface area contributed by atoms with E-state index in [-0.39, 0.29) is 5.91 Å². The molecule has 7 nitrogen and oxygen atoms in total. The highest BCUT2D eigenvalue weighted by molar-refractivity contribution is 7.21. The number of fused-ring (bicyclic) bond motifs is 1. The van der Waals surface area contributed by atoms with Gasteiger partial charge in [-0.2, -0.15) is 5.10 Å². The van der Waals surface area contributed by atoms with E-state index in [1.807, 2.05) is 12.1 Å².